The summed E-state index contributed by atoms with van der Waals surface area (Å²) in [6.07, 6.45) is 5.00. The predicted molar refractivity (Wildman–Crippen MR) is 101 cm³/mol. The number of pyridine rings is 1. The first kappa shape index (κ1) is 19.7. The minimum Gasteiger partial charge on any atom is -0.493 e. The molecule has 2 rings (SSSR count). The highest BCUT2D eigenvalue weighted by atomic mass is 16.5. The Balaban J connectivity index is 2.03. The Bertz CT molecular complexity index is 707. The number of ether oxygens (including phenoxy) is 2. The molecule has 1 aromatic carbocycles. The summed E-state index contributed by atoms with van der Waals surface area (Å²) < 4.78 is 11.3. The molecule has 0 radical (unpaired) electrons. The minimum atomic E-state index is -0.479. The molecule has 6 heteroatoms. The van der Waals surface area contributed by atoms with Gasteiger partial charge in [-0.1, -0.05) is 19.4 Å². The molecule has 2 aromatic rings. The van der Waals surface area contributed by atoms with Gasteiger partial charge in [-0.05, 0) is 48.7 Å². The van der Waals surface area contributed by atoms with Crippen LogP contribution in [-0.4, -0.2) is 24.0 Å². The molecule has 0 fully saturated rings. The predicted octanol–water partition coefficient (Wildman–Crippen LogP) is 2.97. The third-order valence-corrected chi connectivity index (χ3v) is 4.13. The molecule has 3 N–H and O–H groups in total. The van der Waals surface area contributed by atoms with Crippen molar-refractivity contribution in [1.29, 1.82) is 0 Å². The van der Waals surface area contributed by atoms with Crippen LogP contribution in [0.1, 0.15) is 43.9 Å². The lowest BCUT2D eigenvalue weighted by atomic mass is 10.1. The molecule has 2 unspecified atom stereocenters. The minimum absolute atomic E-state index is 0.142. The first-order chi connectivity index (χ1) is 12.5. The highest BCUT2D eigenvalue weighted by Crippen LogP contribution is 2.31. The van der Waals surface area contributed by atoms with Crippen molar-refractivity contribution in [3.05, 3.63) is 53.9 Å². The fraction of sp³-hybridized carbons (Fsp3) is 0.400. The SMILES string of the molecule is CCCC(N)C(=O)NC(C)c1ccc(OCc2ccncc2)c(OC)c1. The summed E-state index contributed by atoms with van der Waals surface area (Å²) in [6, 6.07) is 8.79. The lowest BCUT2D eigenvalue weighted by molar-refractivity contribution is -0.123. The Labute approximate surface area is 154 Å². The number of nitrogens with one attached hydrogen (secondary N) is 1. The fourth-order valence-electron chi connectivity index (χ4n) is 2.56. The van der Waals surface area contributed by atoms with Crippen molar-refractivity contribution in [2.24, 2.45) is 5.73 Å². The fourth-order valence-corrected chi connectivity index (χ4v) is 2.56. The topological polar surface area (TPSA) is 86.5 Å². The van der Waals surface area contributed by atoms with Crippen molar-refractivity contribution < 1.29 is 14.3 Å². The summed E-state index contributed by atoms with van der Waals surface area (Å²) in [4.78, 5) is 16.1. The third kappa shape index (κ3) is 5.46. The zero-order valence-electron chi connectivity index (χ0n) is 15.6. The highest BCUT2D eigenvalue weighted by molar-refractivity contribution is 5.81. The van der Waals surface area contributed by atoms with Crippen molar-refractivity contribution >= 4 is 5.91 Å². The van der Waals surface area contributed by atoms with Crippen LogP contribution in [0.2, 0.25) is 0 Å². The maximum atomic E-state index is 12.1. The van der Waals surface area contributed by atoms with Crippen molar-refractivity contribution in [3.63, 3.8) is 0 Å². The standard InChI is InChI=1S/C20H27N3O3/c1-4-5-17(21)20(24)23-14(2)16-6-7-18(19(12-16)25-3)26-13-15-8-10-22-11-9-15/h6-12,14,17H,4-5,13,21H2,1-3H3,(H,23,24). The molecule has 0 saturated heterocycles. The Hall–Kier alpha value is -2.60. The first-order valence-corrected chi connectivity index (χ1v) is 8.80. The number of hydrogen-bond acceptors (Lipinski definition) is 5. The molecule has 140 valence electrons. The van der Waals surface area contributed by atoms with E-state index in [1.54, 1.807) is 19.5 Å². The summed E-state index contributed by atoms with van der Waals surface area (Å²) in [7, 11) is 1.60. The Morgan fingerprint density at radius 3 is 2.62 bits per heavy atom. The monoisotopic (exact) mass is 357 g/mol. The van der Waals surface area contributed by atoms with E-state index in [1.807, 2.05) is 44.2 Å². The normalized spacial score (nSPS) is 12.9. The van der Waals surface area contributed by atoms with Crippen LogP contribution < -0.4 is 20.5 Å². The van der Waals surface area contributed by atoms with Gasteiger partial charge in [0.15, 0.2) is 11.5 Å². The highest BCUT2D eigenvalue weighted by Gasteiger charge is 2.17. The average Bonchev–Trinajstić information content (AvgIpc) is 2.67. The summed E-state index contributed by atoms with van der Waals surface area (Å²) in [5, 5.41) is 2.94. The summed E-state index contributed by atoms with van der Waals surface area (Å²) in [6.45, 7) is 4.35. The number of nitrogens with two attached hydrogens (primary N) is 1. The Morgan fingerprint density at radius 2 is 1.96 bits per heavy atom. The molecule has 0 spiro atoms. The van der Waals surface area contributed by atoms with Gasteiger partial charge in [0.25, 0.3) is 0 Å². The molecule has 26 heavy (non-hydrogen) atoms. The molecular formula is C20H27N3O3. The molecule has 0 aliphatic heterocycles. The van der Waals surface area contributed by atoms with Crippen LogP contribution in [0.4, 0.5) is 0 Å². The summed E-state index contributed by atoms with van der Waals surface area (Å²) >= 11 is 0. The van der Waals surface area contributed by atoms with Gasteiger partial charge in [-0.25, -0.2) is 0 Å². The van der Waals surface area contributed by atoms with Crippen LogP contribution in [0.15, 0.2) is 42.7 Å². The van der Waals surface area contributed by atoms with Crippen LogP contribution in [0.5, 0.6) is 11.5 Å². The molecule has 1 aromatic heterocycles. The third-order valence-electron chi connectivity index (χ3n) is 4.13. The molecule has 2 atom stereocenters. The van der Waals surface area contributed by atoms with E-state index in [9.17, 15) is 4.79 Å². The zero-order chi connectivity index (χ0) is 18.9. The summed E-state index contributed by atoms with van der Waals surface area (Å²) in [5.74, 6) is 1.13. The Morgan fingerprint density at radius 1 is 1.23 bits per heavy atom. The number of hydrogen-bond donors (Lipinski definition) is 2. The second-order valence-corrected chi connectivity index (χ2v) is 6.18. The lowest BCUT2D eigenvalue weighted by Crippen LogP contribution is -2.41. The summed E-state index contributed by atoms with van der Waals surface area (Å²) in [5.41, 5.74) is 7.82. The first-order valence-electron chi connectivity index (χ1n) is 8.80. The number of amides is 1. The number of aromatic nitrogens is 1. The quantitative estimate of drug-likeness (QED) is 0.720. The van der Waals surface area contributed by atoms with Crippen LogP contribution >= 0.6 is 0 Å². The lowest BCUT2D eigenvalue weighted by Gasteiger charge is -2.19. The number of benzene rings is 1. The van der Waals surface area contributed by atoms with Crippen LogP contribution in [-0.2, 0) is 11.4 Å². The molecule has 0 bridgehead atoms. The maximum Gasteiger partial charge on any atom is 0.237 e. The van der Waals surface area contributed by atoms with E-state index >= 15 is 0 Å². The number of methoxy groups -OCH3 is 1. The van der Waals surface area contributed by atoms with E-state index in [-0.39, 0.29) is 11.9 Å². The number of carbonyl (C=O) groups is 1. The van der Waals surface area contributed by atoms with Crippen molar-refractivity contribution in [2.75, 3.05) is 7.11 Å². The van der Waals surface area contributed by atoms with Gasteiger partial charge in [-0.2, -0.15) is 0 Å². The maximum absolute atomic E-state index is 12.1. The largest absolute Gasteiger partial charge is 0.493 e. The molecule has 0 aliphatic carbocycles. The number of carbonyl (C=O) groups excluding carboxylic acids is 1. The van der Waals surface area contributed by atoms with E-state index in [0.29, 0.717) is 24.5 Å². The van der Waals surface area contributed by atoms with E-state index in [1.165, 1.54) is 0 Å². The van der Waals surface area contributed by atoms with E-state index in [4.69, 9.17) is 15.2 Å². The van der Waals surface area contributed by atoms with Gasteiger partial charge in [0, 0.05) is 12.4 Å². The van der Waals surface area contributed by atoms with Gasteiger partial charge >= 0.3 is 0 Å². The van der Waals surface area contributed by atoms with Gasteiger partial charge < -0.3 is 20.5 Å². The molecule has 1 amide bonds. The number of rotatable bonds is 9. The smallest absolute Gasteiger partial charge is 0.237 e. The Kier molecular flexibility index (Phi) is 7.41. The number of nitrogens with zero attached hydrogens (tertiary/aromatic N) is 1. The van der Waals surface area contributed by atoms with Crippen LogP contribution in [0.25, 0.3) is 0 Å². The van der Waals surface area contributed by atoms with Gasteiger partial charge in [0.05, 0.1) is 19.2 Å². The molecule has 6 nitrogen and oxygen atoms in total. The molecule has 1 heterocycles. The molecule has 0 saturated carbocycles. The van der Waals surface area contributed by atoms with Gasteiger partial charge in [0.1, 0.15) is 6.61 Å². The average molecular weight is 357 g/mol. The molecular weight excluding hydrogens is 330 g/mol. The van der Waals surface area contributed by atoms with E-state index in [2.05, 4.69) is 10.3 Å². The van der Waals surface area contributed by atoms with Gasteiger partial charge in [-0.3, -0.25) is 9.78 Å². The van der Waals surface area contributed by atoms with Crippen LogP contribution in [0.3, 0.4) is 0 Å². The van der Waals surface area contributed by atoms with Crippen molar-refractivity contribution in [3.8, 4) is 11.5 Å². The molecule has 0 aliphatic rings. The zero-order valence-corrected chi connectivity index (χ0v) is 15.6. The second kappa shape index (κ2) is 9.77. The van der Waals surface area contributed by atoms with E-state index in [0.717, 1.165) is 17.5 Å². The van der Waals surface area contributed by atoms with Gasteiger partial charge in [-0.15, -0.1) is 0 Å². The van der Waals surface area contributed by atoms with E-state index < -0.39 is 6.04 Å². The van der Waals surface area contributed by atoms with Crippen LogP contribution in [0, 0.1) is 0 Å². The van der Waals surface area contributed by atoms with Crippen molar-refractivity contribution in [2.45, 2.75) is 45.4 Å². The van der Waals surface area contributed by atoms with Gasteiger partial charge in [0.2, 0.25) is 5.91 Å². The van der Waals surface area contributed by atoms with Crippen molar-refractivity contribution in [1.82, 2.24) is 10.3 Å². The second-order valence-electron chi connectivity index (χ2n) is 6.18.